The first-order valence-corrected chi connectivity index (χ1v) is 5.93. The van der Waals surface area contributed by atoms with E-state index in [0.717, 1.165) is 11.4 Å². The molecule has 0 atom stereocenters. The molecule has 18 heavy (non-hydrogen) atoms. The minimum atomic E-state index is 0.464. The van der Waals surface area contributed by atoms with E-state index in [1.807, 2.05) is 60.3 Å². The molecule has 0 amide bonds. The molecule has 92 valence electrons. The van der Waals surface area contributed by atoms with Crippen molar-refractivity contribution in [3.8, 4) is 0 Å². The topological polar surface area (TPSA) is 41.4 Å². The van der Waals surface area contributed by atoms with Gasteiger partial charge in [-0.1, -0.05) is 18.2 Å². The van der Waals surface area contributed by atoms with Crippen molar-refractivity contribution in [2.24, 2.45) is 12.1 Å². The Bertz CT molecular complexity index is 545. The maximum Gasteiger partial charge on any atom is 0.191 e. The van der Waals surface area contributed by atoms with Crippen molar-refractivity contribution < 1.29 is 0 Å². The van der Waals surface area contributed by atoms with Gasteiger partial charge in [-0.3, -0.25) is 5.43 Å². The Kier molecular flexibility index (Phi) is 4.09. The summed E-state index contributed by atoms with van der Waals surface area (Å²) in [6.07, 6.45) is 3.68. The molecular formula is C13H14N4S. The molecule has 2 rings (SSSR count). The minimum absolute atomic E-state index is 0.464. The molecule has 0 aliphatic rings. The van der Waals surface area contributed by atoms with Crippen LogP contribution in [0.2, 0.25) is 0 Å². The Labute approximate surface area is 111 Å². The zero-order chi connectivity index (χ0) is 12.8. The third-order valence-corrected chi connectivity index (χ3v) is 2.57. The highest BCUT2D eigenvalue weighted by Gasteiger charge is 1.95. The third kappa shape index (κ3) is 3.43. The van der Waals surface area contributed by atoms with Crippen molar-refractivity contribution in [3.63, 3.8) is 0 Å². The fourth-order valence-electron chi connectivity index (χ4n) is 1.45. The predicted molar refractivity (Wildman–Crippen MR) is 78.8 cm³/mol. The van der Waals surface area contributed by atoms with Gasteiger partial charge in [0.1, 0.15) is 0 Å². The normalized spacial score (nSPS) is 10.5. The molecule has 0 radical (unpaired) electrons. The number of nitrogens with one attached hydrogen (secondary N) is 2. The number of anilines is 1. The quantitative estimate of drug-likeness (QED) is 0.504. The number of aromatic nitrogens is 1. The Balaban J connectivity index is 1.86. The van der Waals surface area contributed by atoms with Gasteiger partial charge in [0.25, 0.3) is 0 Å². The van der Waals surface area contributed by atoms with E-state index < -0.39 is 0 Å². The number of thiocarbonyl (C=S) groups is 1. The van der Waals surface area contributed by atoms with Crippen molar-refractivity contribution in [2.75, 3.05) is 5.32 Å². The smallest absolute Gasteiger partial charge is 0.191 e. The lowest BCUT2D eigenvalue weighted by atomic mass is 10.3. The van der Waals surface area contributed by atoms with E-state index in [1.54, 1.807) is 6.21 Å². The van der Waals surface area contributed by atoms with Gasteiger partial charge in [-0.05, 0) is 36.5 Å². The number of hydrazone groups is 1. The van der Waals surface area contributed by atoms with E-state index in [2.05, 4.69) is 15.8 Å². The molecular weight excluding hydrogens is 244 g/mol. The second kappa shape index (κ2) is 5.97. The molecule has 0 saturated heterocycles. The molecule has 0 spiro atoms. The summed E-state index contributed by atoms with van der Waals surface area (Å²) in [5.41, 5.74) is 4.71. The number of benzene rings is 1. The summed E-state index contributed by atoms with van der Waals surface area (Å²) < 4.78 is 1.97. The van der Waals surface area contributed by atoms with Gasteiger partial charge in [-0.25, -0.2) is 0 Å². The SMILES string of the molecule is Cn1cccc1C=NNC(=S)Nc1ccccc1. The van der Waals surface area contributed by atoms with Crippen molar-refractivity contribution in [1.82, 2.24) is 9.99 Å². The van der Waals surface area contributed by atoms with E-state index in [-0.39, 0.29) is 0 Å². The first-order valence-electron chi connectivity index (χ1n) is 5.52. The van der Waals surface area contributed by atoms with Crippen LogP contribution in [-0.4, -0.2) is 15.9 Å². The second-order valence-electron chi connectivity index (χ2n) is 3.73. The van der Waals surface area contributed by atoms with Crippen LogP contribution in [0.25, 0.3) is 0 Å². The van der Waals surface area contributed by atoms with E-state index in [0.29, 0.717) is 5.11 Å². The number of aryl methyl sites for hydroxylation is 1. The molecule has 0 unspecified atom stereocenters. The van der Waals surface area contributed by atoms with E-state index >= 15 is 0 Å². The van der Waals surface area contributed by atoms with Crippen molar-refractivity contribution in [3.05, 3.63) is 54.4 Å². The standard InChI is InChI=1S/C13H14N4S/c1-17-9-5-8-12(17)10-14-16-13(18)15-11-6-3-2-4-7-11/h2-10H,1H3,(H2,15,16,18). The van der Waals surface area contributed by atoms with Gasteiger partial charge in [-0.15, -0.1) is 0 Å². The second-order valence-corrected chi connectivity index (χ2v) is 4.14. The van der Waals surface area contributed by atoms with Crippen LogP contribution in [0.5, 0.6) is 0 Å². The largest absolute Gasteiger partial charge is 0.350 e. The first kappa shape index (κ1) is 12.3. The molecule has 0 aliphatic heterocycles. The van der Waals surface area contributed by atoms with Gasteiger partial charge < -0.3 is 9.88 Å². The summed E-state index contributed by atoms with van der Waals surface area (Å²) in [6.45, 7) is 0. The number of hydrogen-bond acceptors (Lipinski definition) is 2. The van der Waals surface area contributed by atoms with Gasteiger partial charge in [0.15, 0.2) is 5.11 Å². The molecule has 1 heterocycles. The number of hydrogen-bond donors (Lipinski definition) is 2. The van der Waals surface area contributed by atoms with Crippen LogP contribution in [-0.2, 0) is 7.05 Å². The molecule has 4 nitrogen and oxygen atoms in total. The van der Waals surface area contributed by atoms with E-state index in [1.165, 1.54) is 0 Å². The maximum atomic E-state index is 5.12. The van der Waals surface area contributed by atoms with Gasteiger partial charge in [-0.2, -0.15) is 5.10 Å². The summed E-state index contributed by atoms with van der Waals surface area (Å²) in [4.78, 5) is 0. The van der Waals surface area contributed by atoms with Gasteiger partial charge in [0, 0.05) is 18.9 Å². The fraction of sp³-hybridized carbons (Fsp3) is 0.0769. The highest BCUT2D eigenvalue weighted by Crippen LogP contribution is 2.04. The highest BCUT2D eigenvalue weighted by molar-refractivity contribution is 7.80. The van der Waals surface area contributed by atoms with Gasteiger partial charge in [0.2, 0.25) is 0 Å². The molecule has 0 saturated carbocycles. The van der Waals surface area contributed by atoms with Crippen molar-refractivity contribution in [2.45, 2.75) is 0 Å². The highest BCUT2D eigenvalue weighted by atomic mass is 32.1. The Morgan fingerprint density at radius 2 is 2.00 bits per heavy atom. The Morgan fingerprint density at radius 1 is 1.22 bits per heavy atom. The summed E-state index contributed by atoms with van der Waals surface area (Å²) in [5, 5.41) is 7.57. The monoisotopic (exact) mass is 258 g/mol. The lowest BCUT2D eigenvalue weighted by Gasteiger charge is -2.06. The lowest BCUT2D eigenvalue weighted by Crippen LogP contribution is -2.23. The van der Waals surface area contributed by atoms with E-state index in [9.17, 15) is 0 Å². The number of rotatable bonds is 3. The molecule has 0 aliphatic carbocycles. The maximum absolute atomic E-state index is 5.12. The summed E-state index contributed by atoms with van der Waals surface area (Å²) in [7, 11) is 1.96. The van der Waals surface area contributed by atoms with Crippen molar-refractivity contribution >= 4 is 29.2 Å². The predicted octanol–water partition coefficient (Wildman–Crippen LogP) is 2.35. The van der Waals surface area contributed by atoms with Crippen molar-refractivity contribution in [1.29, 1.82) is 0 Å². The minimum Gasteiger partial charge on any atom is -0.350 e. The third-order valence-electron chi connectivity index (χ3n) is 2.38. The van der Waals surface area contributed by atoms with Crippen LogP contribution in [0, 0.1) is 0 Å². The van der Waals surface area contributed by atoms with E-state index in [4.69, 9.17) is 12.2 Å². The zero-order valence-electron chi connectivity index (χ0n) is 10.00. The molecule has 1 aromatic carbocycles. The lowest BCUT2D eigenvalue weighted by molar-refractivity contribution is 0.914. The first-order chi connectivity index (χ1) is 8.75. The average Bonchev–Trinajstić information content (AvgIpc) is 2.76. The molecule has 0 bridgehead atoms. The van der Waals surface area contributed by atoms with Gasteiger partial charge in [0.05, 0.1) is 11.9 Å². The van der Waals surface area contributed by atoms with Crippen LogP contribution in [0.15, 0.2) is 53.8 Å². The Morgan fingerprint density at radius 3 is 2.67 bits per heavy atom. The van der Waals surface area contributed by atoms with Crippen LogP contribution >= 0.6 is 12.2 Å². The molecule has 2 aromatic rings. The fourth-order valence-corrected chi connectivity index (χ4v) is 1.62. The summed E-state index contributed by atoms with van der Waals surface area (Å²) in [5.74, 6) is 0. The molecule has 0 fully saturated rings. The summed E-state index contributed by atoms with van der Waals surface area (Å²) in [6, 6.07) is 13.6. The molecule has 5 heteroatoms. The van der Waals surface area contributed by atoms with Crippen LogP contribution in [0.3, 0.4) is 0 Å². The van der Waals surface area contributed by atoms with Gasteiger partial charge >= 0.3 is 0 Å². The summed E-state index contributed by atoms with van der Waals surface area (Å²) >= 11 is 5.12. The van der Waals surface area contributed by atoms with Crippen LogP contribution in [0.4, 0.5) is 5.69 Å². The molecule has 1 aromatic heterocycles. The average molecular weight is 258 g/mol. The van der Waals surface area contributed by atoms with Crippen LogP contribution < -0.4 is 10.7 Å². The number of para-hydroxylation sites is 1. The number of nitrogens with zero attached hydrogens (tertiary/aromatic N) is 2. The zero-order valence-corrected chi connectivity index (χ0v) is 10.8. The molecule has 2 N–H and O–H groups in total. The van der Waals surface area contributed by atoms with Crippen LogP contribution in [0.1, 0.15) is 5.69 Å². The Hall–Kier alpha value is -2.14.